The minimum absolute atomic E-state index is 0.109. The highest BCUT2D eigenvalue weighted by Gasteiger charge is 2.33. The number of ketones is 2. The van der Waals surface area contributed by atoms with E-state index < -0.39 is 48.1 Å². The van der Waals surface area contributed by atoms with Gasteiger partial charge in [-0.2, -0.15) is 0 Å². The summed E-state index contributed by atoms with van der Waals surface area (Å²) in [6.45, 7) is 1.00. The predicted octanol–water partition coefficient (Wildman–Crippen LogP) is 3.92. The summed E-state index contributed by atoms with van der Waals surface area (Å²) in [6.07, 6.45) is 5.23. The molecule has 0 radical (unpaired) electrons. The summed E-state index contributed by atoms with van der Waals surface area (Å²) in [5.74, 6) is -4.01. The van der Waals surface area contributed by atoms with Crippen molar-refractivity contribution in [3.63, 3.8) is 0 Å². The van der Waals surface area contributed by atoms with Crippen LogP contribution < -0.4 is 16.0 Å². The molecule has 0 bridgehead atoms. The van der Waals surface area contributed by atoms with Gasteiger partial charge in [-0.3, -0.25) is 28.8 Å². The van der Waals surface area contributed by atoms with Crippen LogP contribution in [0.1, 0.15) is 77.3 Å². The summed E-state index contributed by atoms with van der Waals surface area (Å²) >= 11 is 0. The van der Waals surface area contributed by atoms with Gasteiger partial charge in [0.25, 0.3) is 11.8 Å². The smallest absolute Gasteiger partial charge is 0.325 e. The third kappa shape index (κ3) is 9.05. The number of rotatable bonds is 15. The number of hydrogen-bond donors (Lipinski definition) is 3. The number of benzene rings is 3. The number of esters is 1. The molecule has 3 N–H and O–H groups in total. The second-order valence-corrected chi connectivity index (χ2v) is 12.3. The van der Waals surface area contributed by atoms with Crippen LogP contribution in [-0.2, 0) is 35.3 Å². The topological polar surface area (TPSA) is 157 Å². The average Bonchev–Trinajstić information content (AvgIpc) is 3.41. The lowest BCUT2D eigenvalue weighted by molar-refractivity contribution is -0.146. The predicted molar refractivity (Wildman–Crippen MR) is 180 cm³/mol. The average molecular weight is 668 g/mol. The number of hydrogen-bond acceptors (Lipinski definition) is 8. The Bertz CT molecular complexity index is 1700. The zero-order chi connectivity index (χ0) is 34.8. The monoisotopic (exact) mass is 667 g/mol. The van der Waals surface area contributed by atoms with Crippen LogP contribution in [0, 0.1) is 5.92 Å². The van der Waals surface area contributed by atoms with Crippen molar-refractivity contribution in [1.82, 2.24) is 16.0 Å². The SMILES string of the molecule is CCOC(=O)CNC(=O)C(=O)[C@H](COCc1ccccc1)NC(=O)[C@H](CC1CCCCC1)NC(=O)c1ccc2c(c1)C(=O)c1ccccc1-2. The molecule has 0 aliphatic heterocycles. The Hall–Kier alpha value is -5.16. The van der Waals surface area contributed by atoms with Crippen LogP contribution in [0.5, 0.6) is 0 Å². The molecule has 11 heteroatoms. The molecule has 2 atom stereocenters. The molecular formula is C38H41N3O8. The molecule has 0 heterocycles. The van der Waals surface area contributed by atoms with Crippen LogP contribution in [0.4, 0.5) is 0 Å². The van der Waals surface area contributed by atoms with Crippen molar-refractivity contribution in [2.75, 3.05) is 19.8 Å². The number of amides is 3. The minimum Gasteiger partial charge on any atom is -0.465 e. The molecule has 49 heavy (non-hydrogen) atoms. The molecular weight excluding hydrogens is 626 g/mol. The maximum absolute atomic E-state index is 13.9. The van der Waals surface area contributed by atoms with Gasteiger partial charge in [0.2, 0.25) is 11.7 Å². The van der Waals surface area contributed by atoms with Crippen molar-refractivity contribution in [2.45, 2.75) is 64.1 Å². The van der Waals surface area contributed by atoms with Crippen molar-refractivity contribution in [2.24, 2.45) is 5.92 Å². The van der Waals surface area contributed by atoms with Crippen LogP contribution >= 0.6 is 0 Å². The summed E-state index contributed by atoms with van der Waals surface area (Å²) in [4.78, 5) is 78.5. The summed E-state index contributed by atoms with van der Waals surface area (Å²) < 4.78 is 10.6. The van der Waals surface area contributed by atoms with Crippen molar-refractivity contribution in [3.05, 3.63) is 95.1 Å². The van der Waals surface area contributed by atoms with Gasteiger partial charge in [0.1, 0.15) is 18.6 Å². The van der Waals surface area contributed by atoms with Crippen LogP contribution in [0.2, 0.25) is 0 Å². The van der Waals surface area contributed by atoms with Crippen molar-refractivity contribution in [3.8, 4) is 11.1 Å². The zero-order valence-corrected chi connectivity index (χ0v) is 27.5. The molecule has 1 saturated carbocycles. The number of Topliss-reactive ketones (excluding diaryl/α,β-unsaturated/α-hetero) is 1. The van der Waals surface area contributed by atoms with Crippen molar-refractivity contribution < 1.29 is 38.2 Å². The van der Waals surface area contributed by atoms with Gasteiger partial charge in [-0.25, -0.2) is 0 Å². The quantitative estimate of drug-likeness (QED) is 0.127. The largest absolute Gasteiger partial charge is 0.465 e. The normalized spacial score (nSPS) is 14.9. The number of fused-ring (bicyclic) bond motifs is 3. The molecule has 0 saturated heterocycles. The highest BCUT2D eigenvalue weighted by Crippen LogP contribution is 2.36. The number of nitrogens with one attached hydrogen (secondary N) is 3. The van der Waals surface area contributed by atoms with E-state index in [1.54, 1.807) is 37.3 Å². The molecule has 3 aromatic rings. The van der Waals surface area contributed by atoms with E-state index in [0.717, 1.165) is 48.8 Å². The van der Waals surface area contributed by atoms with Crippen LogP contribution in [0.3, 0.4) is 0 Å². The fourth-order valence-electron chi connectivity index (χ4n) is 6.33. The Kier molecular flexibility index (Phi) is 12.0. The van der Waals surface area contributed by atoms with E-state index in [1.807, 2.05) is 42.5 Å². The first-order valence-electron chi connectivity index (χ1n) is 16.7. The van der Waals surface area contributed by atoms with Gasteiger partial charge < -0.3 is 25.4 Å². The van der Waals surface area contributed by atoms with E-state index in [-0.39, 0.29) is 37.1 Å². The maximum atomic E-state index is 13.9. The molecule has 0 unspecified atom stereocenters. The van der Waals surface area contributed by atoms with E-state index in [1.165, 1.54) is 0 Å². The van der Waals surface area contributed by atoms with Gasteiger partial charge >= 0.3 is 5.97 Å². The van der Waals surface area contributed by atoms with Gasteiger partial charge in [-0.1, -0.05) is 92.8 Å². The van der Waals surface area contributed by atoms with E-state index in [2.05, 4.69) is 16.0 Å². The second kappa shape index (κ2) is 16.8. The Morgan fingerprint density at radius 3 is 2.22 bits per heavy atom. The number of carbonyl (C=O) groups excluding carboxylic acids is 6. The Morgan fingerprint density at radius 2 is 1.49 bits per heavy atom. The summed E-state index contributed by atoms with van der Waals surface area (Å²) in [6, 6.07) is 18.9. The van der Waals surface area contributed by atoms with E-state index >= 15 is 0 Å². The van der Waals surface area contributed by atoms with Crippen molar-refractivity contribution >= 4 is 35.3 Å². The van der Waals surface area contributed by atoms with E-state index in [4.69, 9.17) is 9.47 Å². The second-order valence-electron chi connectivity index (χ2n) is 12.3. The highest BCUT2D eigenvalue weighted by atomic mass is 16.5. The zero-order valence-electron chi connectivity index (χ0n) is 27.5. The number of ether oxygens (including phenoxy) is 2. The van der Waals surface area contributed by atoms with Gasteiger partial charge in [-0.15, -0.1) is 0 Å². The first-order valence-corrected chi connectivity index (χ1v) is 16.7. The maximum Gasteiger partial charge on any atom is 0.325 e. The molecule has 0 aromatic heterocycles. The summed E-state index contributed by atoms with van der Waals surface area (Å²) in [5, 5.41) is 7.73. The van der Waals surface area contributed by atoms with Crippen molar-refractivity contribution in [1.29, 1.82) is 0 Å². The first kappa shape index (κ1) is 35.2. The fourth-order valence-corrected chi connectivity index (χ4v) is 6.33. The molecule has 3 amide bonds. The highest BCUT2D eigenvalue weighted by molar-refractivity contribution is 6.38. The fraction of sp³-hybridized carbons (Fsp3) is 0.368. The van der Waals surface area contributed by atoms with Gasteiger partial charge in [0.15, 0.2) is 5.78 Å². The number of carbonyl (C=O) groups is 6. The molecule has 0 spiro atoms. The molecule has 11 nitrogen and oxygen atoms in total. The van der Waals surface area contributed by atoms with Crippen LogP contribution in [-0.4, -0.2) is 67.1 Å². The first-order chi connectivity index (χ1) is 23.7. The standard InChI is InChI=1S/C38H41N3O8/c1-2-49-33(42)21-39-38(47)35(44)32(23-48-22-25-13-7-4-8-14-25)41-37(46)31(19-24-11-5-3-6-12-24)40-36(45)26-17-18-28-27-15-9-10-16-29(27)34(43)30(28)20-26/h4,7-10,13-18,20,24,31-32H,2-3,5-6,11-12,19,21-23H2,1H3,(H,39,47)(H,40,45)(H,41,46)/t31-,32-/m0/s1. The Balaban J connectivity index is 1.32. The lowest BCUT2D eigenvalue weighted by Gasteiger charge is -2.28. The van der Waals surface area contributed by atoms with Crippen LogP contribution in [0.15, 0.2) is 72.8 Å². The Labute approximate surface area is 285 Å². The van der Waals surface area contributed by atoms with Gasteiger partial charge in [-0.05, 0) is 48.1 Å². The van der Waals surface area contributed by atoms with Crippen LogP contribution in [0.25, 0.3) is 11.1 Å². The lowest BCUT2D eigenvalue weighted by Crippen LogP contribution is -2.56. The third-order valence-electron chi connectivity index (χ3n) is 8.86. The summed E-state index contributed by atoms with van der Waals surface area (Å²) in [7, 11) is 0. The van der Waals surface area contributed by atoms with E-state index in [9.17, 15) is 28.8 Å². The molecule has 5 rings (SSSR count). The van der Waals surface area contributed by atoms with Gasteiger partial charge in [0, 0.05) is 16.7 Å². The molecule has 256 valence electrons. The molecule has 2 aliphatic rings. The Morgan fingerprint density at radius 1 is 0.796 bits per heavy atom. The summed E-state index contributed by atoms with van der Waals surface area (Å²) in [5.41, 5.74) is 3.58. The third-order valence-corrected chi connectivity index (χ3v) is 8.86. The van der Waals surface area contributed by atoms with Gasteiger partial charge in [0.05, 0.1) is 19.8 Å². The lowest BCUT2D eigenvalue weighted by atomic mass is 9.84. The molecule has 3 aromatic carbocycles. The molecule has 2 aliphatic carbocycles. The molecule has 1 fully saturated rings. The van der Waals surface area contributed by atoms with E-state index in [0.29, 0.717) is 17.5 Å². The minimum atomic E-state index is -1.40.